The lowest BCUT2D eigenvalue weighted by molar-refractivity contribution is -0.138. The Labute approximate surface area is 78.9 Å². The van der Waals surface area contributed by atoms with Gasteiger partial charge in [-0.25, -0.2) is 0 Å². The molecule has 0 saturated carbocycles. The summed E-state index contributed by atoms with van der Waals surface area (Å²) in [7, 11) is 10.8. The van der Waals surface area contributed by atoms with Crippen LogP contribution in [0.3, 0.4) is 0 Å². The Hall–Kier alpha value is -0.205. The highest BCUT2D eigenvalue weighted by Crippen LogP contribution is 2.48. The number of hydrogen-bond acceptors (Lipinski definition) is 1. The van der Waals surface area contributed by atoms with Gasteiger partial charge in [0.1, 0.15) is 39.2 Å². The van der Waals surface area contributed by atoms with Crippen molar-refractivity contribution in [3.63, 3.8) is 0 Å². The summed E-state index contributed by atoms with van der Waals surface area (Å²) in [6.45, 7) is 1.65. The van der Waals surface area contributed by atoms with Gasteiger partial charge in [0.15, 0.2) is 0 Å². The fourth-order valence-corrected chi connectivity index (χ4v) is 2.23. The number of amides is 1. The smallest absolute Gasteiger partial charge is 0.218 e. The molecular weight excluding hydrogens is 144 g/mol. The predicted molar refractivity (Wildman–Crippen MR) is 64.5 cm³/mol. The first-order valence-electron chi connectivity index (χ1n) is 4.53. The van der Waals surface area contributed by atoms with E-state index in [9.17, 15) is 4.79 Å². The summed E-state index contributed by atoms with van der Waals surface area (Å²) >= 11 is 0. The highest BCUT2D eigenvalue weighted by molar-refractivity contribution is 6.59. The molecule has 1 saturated heterocycles. The van der Waals surface area contributed by atoms with E-state index < -0.39 is 0 Å². The van der Waals surface area contributed by atoms with Crippen molar-refractivity contribution < 1.29 is 4.79 Å². The summed E-state index contributed by atoms with van der Waals surface area (Å²) in [5, 5.41) is 0.247. The average Bonchev–Trinajstić information content (AvgIpc) is 1.85. The molecule has 0 aromatic carbocycles. The van der Waals surface area contributed by atoms with E-state index in [-0.39, 0.29) is 16.5 Å². The van der Waals surface area contributed by atoms with E-state index in [0.29, 0.717) is 5.94 Å². The molecule has 1 aliphatic heterocycles. The van der Waals surface area contributed by atoms with Gasteiger partial charge < -0.3 is 4.90 Å². The Kier molecular flexibility index (Phi) is 1.97. The standard InChI is InChI=1S/C5H14B5NO/c1-2(12)11-3(6)4(7,8)5(11,9)10/h3H,6-10H2,1H3. The number of hydrogen-bond donors (Lipinski definition) is 0. The van der Waals surface area contributed by atoms with Crippen LogP contribution < -0.4 is 0 Å². The van der Waals surface area contributed by atoms with Gasteiger partial charge in [-0.15, -0.1) is 0 Å². The monoisotopic (exact) mass is 159 g/mol. The second-order valence-electron chi connectivity index (χ2n) is 4.85. The van der Waals surface area contributed by atoms with Crippen molar-refractivity contribution >= 4 is 45.1 Å². The molecule has 0 N–H and O–H groups in total. The van der Waals surface area contributed by atoms with Crippen LogP contribution in [0.4, 0.5) is 0 Å². The molecule has 1 rings (SSSR count). The van der Waals surface area contributed by atoms with Gasteiger partial charge in [-0.05, 0) is 11.3 Å². The van der Waals surface area contributed by atoms with E-state index in [1.807, 2.05) is 4.90 Å². The number of carbonyl (C=O) groups excluding carboxylic acids is 1. The Bertz CT molecular complexity index is 228. The summed E-state index contributed by atoms with van der Waals surface area (Å²) in [6, 6.07) is 0. The van der Waals surface area contributed by atoms with Crippen LogP contribution in [-0.2, 0) is 4.79 Å². The summed E-state index contributed by atoms with van der Waals surface area (Å²) in [5.41, 5.74) is 0. The number of likely N-dealkylation sites (tertiary alicyclic amines) is 1. The van der Waals surface area contributed by atoms with Crippen LogP contribution in [0.5, 0.6) is 0 Å². The van der Waals surface area contributed by atoms with Crippen LogP contribution in [0.1, 0.15) is 6.92 Å². The largest absolute Gasteiger partial charge is 0.360 e. The van der Waals surface area contributed by atoms with Crippen molar-refractivity contribution in [2.24, 2.45) is 0 Å². The molecule has 1 unspecified atom stereocenters. The van der Waals surface area contributed by atoms with Crippen LogP contribution in [0, 0.1) is 0 Å². The minimum absolute atomic E-state index is 0.0122. The van der Waals surface area contributed by atoms with Crippen molar-refractivity contribution in [3.8, 4) is 0 Å². The minimum atomic E-state index is 0.0122. The highest BCUT2D eigenvalue weighted by atomic mass is 16.2. The zero-order valence-electron chi connectivity index (χ0n) is 8.93. The van der Waals surface area contributed by atoms with Crippen LogP contribution in [-0.4, -0.2) is 61.3 Å². The van der Waals surface area contributed by atoms with Gasteiger partial charge in [-0.3, -0.25) is 4.79 Å². The number of rotatable bonds is 0. The first kappa shape index (κ1) is 9.88. The summed E-state index contributed by atoms with van der Waals surface area (Å²) in [4.78, 5) is 13.2. The molecule has 60 valence electrons. The van der Waals surface area contributed by atoms with Crippen molar-refractivity contribution in [2.45, 2.75) is 23.4 Å². The van der Waals surface area contributed by atoms with Gasteiger partial charge in [-0.1, -0.05) is 5.21 Å². The fraction of sp³-hybridized carbons (Fsp3) is 0.800. The Morgan fingerprint density at radius 1 is 1.33 bits per heavy atom. The van der Waals surface area contributed by atoms with Crippen LogP contribution in [0.15, 0.2) is 0 Å². The molecule has 1 aliphatic rings. The topological polar surface area (TPSA) is 20.3 Å². The van der Waals surface area contributed by atoms with E-state index in [0.717, 1.165) is 0 Å². The molecule has 1 atom stereocenters. The van der Waals surface area contributed by atoms with E-state index in [1.165, 1.54) is 0 Å². The van der Waals surface area contributed by atoms with Gasteiger partial charge in [0.25, 0.3) is 0 Å². The first-order valence-corrected chi connectivity index (χ1v) is 4.53. The normalized spacial score (nSPS) is 30.8. The van der Waals surface area contributed by atoms with Gasteiger partial charge >= 0.3 is 0 Å². The molecule has 1 amide bonds. The quantitative estimate of drug-likeness (QED) is 0.324. The maximum absolute atomic E-state index is 11.3. The molecule has 12 heavy (non-hydrogen) atoms. The Balaban J connectivity index is 2.92. The zero-order valence-corrected chi connectivity index (χ0v) is 8.93. The van der Waals surface area contributed by atoms with Crippen LogP contribution in [0.25, 0.3) is 0 Å². The predicted octanol–water partition coefficient (Wildman–Crippen LogP) is -4.89. The van der Waals surface area contributed by atoms with E-state index >= 15 is 0 Å². The third kappa shape index (κ3) is 0.914. The lowest BCUT2D eigenvalue weighted by Crippen LogP contribution is -2.79. The Morgan fingerprint density at radius 2 is 1.75 bits per heavy atom. The zero-order chi connectivity index (χ0) is 9.73. The summed E-state index contributed by atoms with van der Waals surface area (Å²) in [5.74, 6) is 0.553. The van der Waals surface area contributed by atoms with E-state index in [4.69, 9.17) is 0 Å². The molecule has 0 aliphatic carbocycles. The van der Waals surface area contributed by atoms with Gasteiger partial charge in [-0.2, -0.15) is 0 Å². The first-order chi connectivity index (χ1) is 5.23. The number of nitrogens with zero attached hydrogens (tertiary/aromatic N) is 1. The fourth-order valence-electron chi connectivity index (χ4n) is 2.23. The maximum atomic E-state index is 11.3. The lowest BCUT2D eigenvalue weighted by atomic mass is 9.23. The molecule has 2 nitrogen and oxygen atoms in total. The molecule has 1 heterocycles. The van der Waals surface area contributed by atoms with Crippen molar-refractivity contribution in [1.82, 2.24) is 4.90 Å². The van der Waals surface area contributed by atoms with E-state index in [1.54, 1.807) is 6.92 Å². The molecule has 0 radical (unpaired) electrons. The van der Waals surface area contributed by atoms with Crippen LogP contribution in [0.2, 0.25) is 5.21 Å². The molecule has 0 aromatic rings. The van der Waals surface area contributed by atoms with Crippen molar-refractivity contribution in [3.05, 3.63) is 0 Å². The second kappa shape index (κ2) is 2.39. The van der Waals surface area contributed by atoms with Crippen molar-refractivity contribution in [1.29, 1.82) is 0 Å². The molecule has 7 heteroatoms. The maximum Gasteiger partial charge on any atom is 0.218 e. The van der Waals surface area contributed by atoms with Gasteiger partial charge in [0, 0.05) is 6.92 Å². The molecule has 0 bridgehead atoms. The summed E-state index contributed by atoms with van der Waals surface area (Å²) in [6.07, 6.45) is 0. The van der Waals surface area contributed by atoms with E-state index in [2.05, 4.69) is 39.2 Å². The Morgan fingerprint density at radius 3 is 1.92 bits per heavy atom. The van der Waals surface area contributed by atoms with Gasteiger partial charge in [0.05, 0.1) is 0 Å². The average molecular weight is 158 g/mol. The third-order valence-corrected chi connectivity index (χ3v) is 3.95. The van der Waals surface area contributed by atoms with Crippen molar-refractivity contribution in [2.75, 3.05) is 0 Å². The molecular formula is C5H14B5NO. The third-order valence-electron chi connectivity index (χ3n) is 3.95. The lowest BCUT2D eigenvalue weighted by Gasteiger charge is -2.68. The molecule has 0 aromatic heterocycles. The molecule has 1 fully saturated rings. The molecule has 0 spiro atoms. The SMILES string of the molecule is BC1N(C(C)=O)C(B)(B)C1(B)B. The highest BCUT2D eigenvalue weighted by Gasteiger charge is 2.57. The van der Waals surface area contributed by atoms with Gasteiger partial charge in [0.2, 0.25) is 5.91 Å². The summed E-state index contributed by atoms with van der Waals surface area (Å²) < 4.78 is 0. The second-order valence-corrected chi connectivity index (χ2v) is 4.85. The van der Waals surface area contributed by atoms with Crippen LogP contribution >= 0.6 is 0 Å². The minimum Gasteiger partial charge on any atom is -0.360 e. The number of carbonyl (C=O) groups is 1.